The van der Waals surface area contributed by atoms with E-state index in [1.54, 1.807) is 21.3 Å². The highest BCUT2D eigenvalue weighted by Gasteiger charge is 2.19. The quantitative estimate of drug-likeness (QED) is 0.248. The second kappa shape index (κ2) is 9.68. The first-order chi connectivity index (χ1) is 15.6. The zero-order valence-corrected chi connectivity index (χ0v) is 20.3. The predicted molar refractivity (Wildman–Crippen MR) is 127 cm³/mol. The Morgan fingerprint density at radius 1 is 0.818 bits per heavy atom. The molecule has 3 aromatic carbocycles. The van der Waals surface area contributed by atoms with Crippen LogP contribution in [0.4, 0.5) is 0 Å². The van der Waals surface area contributed by atoms with Crippen LogP contribution in [0.25, 0.3) is 32.4 Å². The summed E-state index contributed by atoms with van der Waals surface area (Å²) in [5.41, 5.74) is 1.12. The summed E-state index contributed by atoms with van der Waals surface area (Å²) in [6.07, 6.45) is 2.72. The van der Waals surface area contributed by atoms with Gasteiger partial charge < -0.3 is 23.5 Å². The van der Waals surface area contributed by atoms with Crippen LogP contribution in [-0.4, -0.2) is 47.2 Å². The molecule has 0 radical (unpaired) electrons. The fourth-order valence-electron chi connectivity index (χ4n) is 3.85. The van der Waals surface area contributed by atoms with E-state index in [9.17, 15) is 0 Å². The molecule has 4 rings (SSSR count). The molecule has 0 N–H and O–H groups in total. The Labute approximate surface area is 193 Å². The van der Waals surface area contributed by atoms with E-state index in [0.717, 1.165) is 55.4 Å². The van der Waals surface area contributed by atoms with Crippen molar-refractivity contribution in [1.29, 1.82) is 0 Å². The van der Waals surface area contributed by atoms with Gasteiger partial charge in [-0.2, -0.15) is 4.57 Å². The molecule has 0 aliphatic heterocycles. The molecule has 1 heterocycles. The molecular formula is C24H27NO7S. The zero-order valence-electron chi connectivity index (χ0n) is 19.5. The van der Waals surface area contributed by atoms with Gasteiger partial charge in [-0.3, -0.25) is 0 Å². The Hall–Kier alpha value is -3.30. The molecule has 0 saturated heterocycles. The van der Waals surface area contributed by atoms with E-state index in [1.165, 1.54) is 0 Å². The summed E-state index contributed by atoms with van der Waals surface area (Å²) in [5, 5.41) is 5.55. The number of hydrogen-bond acceptors (Lipinski definition) is 7. The SMILES string of the molecule is CCOc1cc2ccc3c4cc(OC)c(OC)cc4c[n+](C)c3c2cc1OC.CS(=O)(=O)[O-]. The molecule has 0 bridgehead atoms. The van der Waals surface area contributed by atoms with Gasteiger partial charge in [0.05, 0.1) is 54.2 Å². The fraction of sp³-hybridized carbons (Fsp3) is 0.292. The number of nitrogens with zero attached hydrogens (tertiary/aromatic N) is 1. The van der Waals surface area contributed by atoms with Crippen molar-refractivity contribution in [3.63, 3.8) is 0 Å². The predicted octanol–water partition coefficient (Wildman–Crippen LogP) is 3.56. The van der Waals surface area contributed by atoms with Gasteiger partial charge in [-0.1, -0.05) is 6.07 Å². The normalized spacial score (nSPS) is 11.2. The highest BCUT2D eigenvalue weighted by molar-refractivity contribution is 7.84. The molecule has 0 aliphatic rings. The van der Waals surface area contributed by atoms with E-state index >= 15 is 0 Å². The number of aryl methyl sites for hydroxylation is 1. The van der Waals surface area contributed by atoms with E-state index in [0.29, 0.717) is 12.9 Å². The van der Waals surface area contributed by atoms with Crippen LogP contribution >= 0.6 is 0 Å². The van der Waals surface area contributed by atoms with Crippen molar-refractivity contribution in [3.8, 4) is 23.0 Å². The smallest absolute Gasteiger partial charge is 0.220 e. The number of hydrogen-bond donors (Lipinski definition) is 0. The fourth-order valence-corrected chi connectivity index (χ4v) is 3.85. The molecule has 8 nitrogen and oxygen atoms in total. The first-order valence-corrected chi connectivity index (χ1v) is 11.9. The molecule has 0 saturated carbocycles. The second-order valence-electron chi connectivity index (χ2n) is 7.36. The molecule has 0 fully saturated rings. The minimum atomic E-state index is -3.92. The Kier molecular flexibility index (Phi) is 7.14. The van der Waals surface area contributed by atoms with Crippen LogP contribution in [0.2, 0.25) is 0 Å². The summed E-state index contributed by atoms with van der Waals surface area (Å²) >= 11 is 0. The zero-order chi connectivity index (χ0) is 24.3. The topological polar surface area (TPSA) is 98.0 Å². The Morgan fingerprint density at radius 2 is 1.33 bits per heavy atom. The number of fused-ring (bicyclic) bond motifs is 5. The molecule has 176 valence electrons. The Bertz CT molecular complexity index is 1420. The van der Waals surface area contributed by atoms with Gasteiger partial charge in [0.25, 0.3) is 0 Å². The molecule has 1 aromatic heterocycles. The van der Waals surface area contributed by atoms with Gasteiger partial charge in [-0.05, 0) is 42.6 Å². The first-order valence-electron chi connectivity index (χ1n) is 10.1. The molecule has 9 heteroatoms. The van der Waals surface area contributed by atoms with Crippen molar-refractivity contribution in [1.82, 2.24) is 0 Å². The maximum absolute atomic E-state index is 9.08. The molecule has 33 heavy (non-hydrogen) atoms. The number of pyridine rings is 1. The highest BCUT2D eigenvalue weighted by atomic mass is 32.2. The Morgan fingerprint density at radius 3 is 1.91 bits per heavy atom. The third-order valence-corrected chi connectivity index (χ3v) is 5.11. The average Bonchev–Trinajstić information content (AvgIpc) is 2.76. The van der Waals surface area contributed by atoms with E-state index < -0.39 is 10.1 Å². The number of aromatic nitrogens is 1. The lowest BCUT2D eigenvalue weighted by Gasteiger charge is -2.13. The van der Waals surface area contributed by atoms with Crippen LogP contribution in [0.5, 0.6) is 23.0 Å². The van der Waals surface area contributed by atoms with Gasteiger partial charge in [0.15, 0.2) is 29.2 Å². The third kappa shape index (κ3) is 5.20. The molecule has 4 aromatic rings. The lowest BCUT2D eigenvalue weighted by Crippen LogP contribution is -2.28. The van der Waals surface area contributed by atoms with Crippen LogP contribution < -0.4 is 23.5 Å². The minimum absolute atomic E-state index is 0.593. The monoisotopic (exact) mass is 473 g/mol. The largest absolute Gasteiger partial charge is 0.748 e. The molecule has 0 amide bonds. The minimum Gasteiger partial charge on any atom is -0.748 e. The summed E-state index contributed by atoms with van der Waals surface area (Å²) in [6.45, 7) is 2.56. The number of ether oxygens (including phenoxy) is 4. The molecule has 0 atom stereocenters. The van der Waals surface area contributed by atoms with Crippen molar-refractivity contribution >= 4 is 42.6 Å². The maximum atomic E-state index is 9.08. The standard InChI is InChI=1S/C23H24NO4.CH4O3S/c1-6-28-22-9-14-7-8-16-17-11-20(26-4)19(25-3)10-15(17)13-24(2)23(16)18(14)12-21(22)27-5;1-5(2,3)4/h7-13H,6H2,1-5H3;1H3,(H,2,3,4)/q+1;/p-1. The van der Waals surface area contributed by atoms with E-state index in [-0.39, 0.29) is 0 Å². The number of rotatable bonds is 5. The van der Waals surface area contributed by atoms with Gasteiger partial charge in [0.1, 0.15) is 7.05 Å². The summed E-state index contributed by atoms with van der Waals surface area (Å²) < 4.78 is 51.7. The van der Waals surface area contributed by atoms with Crippen molar-refractivity contribution in [2.45, 2.75) is 6.92 Å². The molecule has 0 unspecified atom stereocenters. The van der Waals surface area contributed by atoms with Crippen LogP contribution in [0.15, 0.2) is 42.6 Å². The average molecular weight is 474 g/mol. The van der Waals surface area contributed by atoms with Gasteiger partial charge in [0, 0.05) is 11.6 Å². The summed E-state index contributed by atoms with van der Waals surface area (Å²) in [7, 11) is 3.12. The van der Waals surface area contributed by atoms with E-state index in [4.69, 9.17) is 31.9 Å². The van der Waals surface area contributed by atoms with Gasteiger partial charge in [0.2, 0.25) is 5.52 Å². The van der Waals surface area contributed by atoms with Crippen LogP contribution in [0.3, 0.4) is 0 Å². The van der Waals surface area contributed by atoms with E-state index in [1.807, 2.05) is 25.1 Å². The summed E-state index contributed by atoms with van der Waals surface area (Å²) in [4.78, 5) is 0. The van der Waals surface area contributed by atoms with Crippen LogP contribution in [0.1, 0.15) is 6.92 Å². The molecule has 0 aliphatic carbocycles. The second-order valence-corrected chi connectivity index (χ2v) is 8.77. The highest BCUT2D eigenvalue weighted by Crippen LogP contribution is 2.39. The third-order valence-electron chi connectivity index (χ3n) is 5.11. The van der Waals surface area contributed by atoms with Gasteiger partial charge >= 0.3 is 0 Å². The Balaban J connectivity index is 0.000000555. The summed E-state index contributed by atoms with van der Waals surface area (Å²) in [5.74, 6) is 2.92. The number of benzene rings is 3. The van der Waals surface area contributed by atoms with Gasteiger partial charge in [-0.25, -0.2) is 8.42 Å². The van der Waals surface area contributed by atoms with Crippen LogP contribution in [-0.2, 0) is 17.2 Å². The van der Waals surface area contributed by atoms with Gasteiger partial charge in [-0.15, -0.1) is 0 Å². The van der Waals surface area contributed by atoms with Crippen molar-refractivity contribution < 1.29 is 36.5 Å². The molecule has 0 spiro atoms. The van der Waals surface area contributed by atoms with Crippen molar-refractivity contribution in [2.75, 3.05) is 34.2 Å². The van der Waals surface area contributed by atoms with Crippen LogP contribution in [0, 0.1) is 0 Å². The number of methoxy groups -OCH3 is 3. The lowest BCUT2D eigenvalue weighted by atomic mass is 10.00. The first kappa shape index (κ1) is 24.3. The molecular weight excluding hydrogens is 446 g/mol. The van der Waals surface area contributed by atoms with Crippen molar-refractivity contribution in [2.24, 2.45) is 7.05 Å². The van der Waals surface area contributed by atoms with E-state index in [2.05, 4.69) is 36.0 Å². The lowest BCUT2D eigenvalue weighted by molar-refractivity contribution is -0.642. The maximum Gasteiger partial charge on any atom is 0.220 e. The van der Waals surface area contributed by atoms with Crippen molar-refractivity contribution in [3.05, 3.63) is 42.6 Å². The summed E-state index contributed by atoms with van der Waals surface area (Å²) in [6, 6.07) is 12.4.